The Morgan fingerprint density at radius 3 is 2.81 bits per heavy atom. The maximum atomic E-state index is 12.8. The molecule has 6 nitrogen and oxygen atoms in total. The number of furan rings is 1. The molecule has 27 heavy (non-hydrogen) atoms. The monoisotopic (exact) mass is 364 g/mol. The molecule has 1 atom stereocenters. The second-order valence-electron chi connectivity index (χ2n) is 7.20. The summed E-state index contributed by atoms with van der Waals surface area (Å²) in [5.74, 6) is 1.01. The number of hydrogen-bond donors (Lipinski definition) is 0. The minimum atomic E-state index is -0.0889. The van der Waals surface area contributed by atoms with Gasteiger partial charge in [0.15, 0.2) is 5.76 Å². The van der Waals surface area contributed by atoms with Gasteiger partial charge in [0.25, 0.3) is 5.91 Å². The first kappa shape index (κ1) is 17.5. The number of fused-ring (bicyclic) bond motifs is 1. The summed E-state index contributed by atoms with van der Waals surface area (Å²) in [6.07, 6.45) is 4.54. The van der Waals surface area contributed by atoms with Crippen LogP contribution in [0, 0.1) is 0 Å². The van der Waals surface area contributed by atoms with Crippen molar-refractivity contribution in [3.05, 3.63) is 77.5 Å². The van der Waals surface area contributed by atoms with E-state index in [4.69, 9.17) is 4.42 Å². The third-order valence-electron chi connectivity index (χ3n) is 5.20. The molecule has 0 bridgehead atoms. The van der Waals surface area contributed by atoms with Crippen LogP contribution < -0.4 is 0 Å². The Labute approximate surface area is 159 Å². The van der Waals surface area contributed by atoms with Gasteiger partial charge in [0, 0.05) is 38.6 Å². The van der Waals surface area contributed by atoms with Crippen LogP contribution in [0.3, 0.4) is 0 Å². The molecule has 1 aliphatic rings. The first-order valence-electron chi connectivity index (χ1n) is 9.19. The maximum Gasteiger partial charge on any atom is 0.289 e. The second kappa shape index (κ2) is 7.40. The predicted molar refractivity (Wildman–Crippen MR) is 102 cm³/mol. The summed E-state index contributed by atoms with van der Waals surface area (Å²) in [6, 6.07) is 14.3. The van der Waals surface area contributed by atoms with Crippen molar-refractivity contribution in [1.82, 2.24) is 19.6 Å². The van der Waals surface area contributed by atoms with Crippen LogP contribution in [-0.4, -0.2) is 52.2 Å². The molecule has 0 aliphatic carbocycles. The highest BCUT2D eigenvalue weighted by Crippen LogP contribution is 2.22. The summed E-state index contributed by atoms with van der Waals surface area (Å²) in [4.78, 5) is 16.9. The fourth-order valence-electron chi connectivity index (χ4n) is 3.64. The second-order valence-corrected chi connectivity index (χ2v) is 7.20. The number of likely N-dealkylation sites (N-methyl/N-ethyl adjacent to an activating group) is 2. The van der Waals surface area contributed by atoms with Crippen molar-refractivity contribution in [2.45, 2.75) is 25.6 Å². The van der Waals surface area contributed by atoms with Crippen LogP contribution in [0.5, 0.6) is 0 Å². The van der Waals surface area contributed by atoms with Gasteiger partial charge in [-0.15, -0.1) is 0 Å². The summed E-state index contributed by atoms with van der Waals surface area (Å²) in [6.45, 7) is 2.10. The number of hydrogen-bond acceptors (Lipinski definition) is 4. The molecule has 0 unspecified atom stereocenters. The molecule has 0 N–H and O–H groups in total. The molecule has 3 aromatic rings. The molecule has 140 valence electrons. The lowest BCUT2D eigenvalue weighted by atomic mass is 9.94. The summed E-state index contributed by atoms with van der Waals surface area (Å²) in [7, 11) is 3.96. The van der Waals surface area contributed by atoms with Gasteiger partial charge in [0.05, 0.1) is 6.54 Å². The Balaban J connectivity index is 1.40. The van der Waals surface area contributed by atoms with Gasteiger partial charge in [-0.05, 0) is 42.8 Å². The first-order chi connectivity index (χ1) is 13.1. The van der Waals surface area contributed by atoms with Gasteiger partial charge >= 0.3 is 0 Å². The van der Waals surface area contributed by atoms with Crippen molar-refractivity contribution >= 4 is 5.91 Å². The Morgan fingerprint density at radius 2 is 2.04 bits per heavy atom. The SMILES string of the molecule is CN(C[C@@H]1Cc2ccccc2CN1C)C(=O)c1ccc(Cn2cccn2)o1. The van der Waals surface area contributed by atoms with Gasteiger partial charge in [0.1, 0.15) is 5.76 Å². The number of benzene rings is 1. The largest absolute Gasteiger partial charge is 0.454 e. The Bertz CT molecular complexity index is 916. The standard InChI is InChI=1S/C21H24N4O2/c1-23-13-17-7-4-3-6-16(17)12-18(23)14-24(2)21(26)20-9-8-19(27-20)15-25-11-5-10-22-25/h3-11,18H,12-15H2,1-2H3/t18-/m0/s1. The summed E-state index contributed by atoms with van der Waals surface area (Å²) in [5.41, 5.74) is 2.75. The van der Waals surface area contributed by atoms with Gasteiger partial charge in [-0.1, -0.05) is 24.3 Å². The molecular formula is C21H24N4O2. The molecule has 0 spiro atoms. The average Bonchev–Trinajstić information content (AvgIpc) is 3.34. The third kappa shape index (κ3) is 3.80. The normalized spacial score (nSPS) is 16.9. The van der Waals surface area contributed by atoms with Crippen LogP contribution in [0.15, 0.2) is 59.3 Å². The zero-order valence-corrected chi connectivity index (χ0v) is 15.7. The highest BCUT2D eigenvalue weighted by atomic mass is 16.4. The molecule has 1 aliphatic heterocycles. The molecule has 0 saturated heterocycles. The summed E-state index contributed by atoms with van der Waals surface area (Å²) in [5, 5.41) is 4.16. The van der Waals surface area contributed by atoms with E-state index in [0.717, 1.165) is 18.7 Å². The fourth-order valence-corrected chi connectivity index (χ4v) is 3.64. The number of nitrogens with zero attached hydrogens (tertiary/aromatic N) is 4. The topological polar surface area (TPSA) is 54.5 Å². The number of rotatable bonds is 5. The van der Waals surface area contributed by atoms with Gasteiger partial charge in [-0.2, -0.15) is 5.10 Å². The van der Waals surface area contributed by atoms with Gasteiger partial charge in [-0.3, -0.25) is 14.4 Å². The number of carbonyl (C=O) groups is 1. The quantitative estimate of drug-likeness (QED) is 0.698. The van der Waals surface area contributed by atoms with Crippen molar-refractivity contribution in [3.63, 3.8) is 0 Å². The van der Waals surface area contributed by atoms with Crippen molar-refractivity contribution in [2.24, 2.45) is 0 Å². The zero-order chi connectivity index (χ0) is 18.8. The minimum Gasteiger partial charge on any atom is -0.454 e. The van der Waals surface area contributed by atoms with E-state index in [1.54, 1.807) is 21.8 Å². The molecule has 3 heterocycles. The molecule has 4 rings (SSSR count). The molecule has 2 aromatic heterocycles. The molecule has 1 amide bonds. The van der Waals surface area contributed by atoms with E-state index >= 15 is 0 Å². The molecule has 1 aromatic carbocycles. The van der Waals surface area contributed by atoms with Crippen LogP contribution in [-0.2, 0) is 19.5 Å². The van der Waals surface area contributed by atoms with Gasteiger partial charge in [-0.25, -0.2) is 0 Å². The van der Waals surface area contributed by atoms with E-state index in [9.17, 15) is 4.79 Å². The third-order valence-corrected chi connectivity index (χ3v) is 5.20. The number of aromatic nitrogens is 2. The van der Waals surface area contributed by atoms with E-state index in [0.29, 0.717) is 24.9 Å². The van der Waals surface area contributed by atoms with E-state index in [-0.39, 0.29) is 5.91 Å². The van der Waals surface area contributed by atoms with E-state index in [1.165, 1.54) is 11.1 Å². The number of carbonyl (C=O) groups excluding carboxylic acids is 1. The van der Waals surface area contributed by atoms with Crippen LogP contribution in [0.25, 0.3) is 0 Å². The first-order valence-corrected chi connectivity index (χ1v) is 9.19. The highest BCUT2D eigenvalue weighted by Gasteiger charge is 2.26. The van der Waals surface area contributed by atoms with Crippen LogP contribution in [0.4, 0.5) is 0 Å². The van der Waals surface area contributed by atoms with Crippen LogP contribution in [0.2, 0.25) is 0 Å². The Hall–Kier alpha value is -2.86. The fraction of sp³-hybridized carbons (Fsp3) is 0.333. The van der Waals surface area contributed by atoms with Crippen LogP contribution >= 0.6 is 0 Å². The summed E-state index contributed by atoms with van der Waals surface area (Å²) < 4.78 is 7.52. The van der Waals surface area contributed by atoms with Crippen molar-refractivity contribution in [2.75, 3.05) is 20.6 Å². The smallest absolute Gasteiger partial charge is 0.289 e. The molecular weight excluding hydrogens is 340 g/mol. The average molecular weight is 364 g/mol. The lowest BCUT2D eigenvalue weighted by molar-refractivity contribution is 0.0700. The minimum absolute atomic E-state index is 0.0889. The Morgan fingerprint density at radius 1 is 1.22 bits per heavy atom. The van der Waals surface area contributed by atoms with E-state index in [1.807, 2.05) is 25.4 Å². The van der Waals surface area contributed by atoms with Crippen molar-refractivity contribution in [1.29, 1.82) is 0 Å². The van der Waals surface area contributed by atoms with Crippen molar-refractivity contribution in [3.8, 4) is 0 Å². The predicted octanol–water partition coefficient (Wildman–Crippen LogP) is 2.65. The van der Waals surface area contributed by atoms with E-state index in [2.05, 4.69) is 41.3 Å². The lowest BCUT2D eigenvalue weighted by Gasteiger charge is -2.36. The van der Waals surface area contributed by atoms with E-state index < -0.39 is 0 Å². The van der Waals surface area contributed by atoms with Gasteiger partial charge < -0.3 is 9.32 Å². The molecule has 0 fully saturated rings. The maximum absolute atomic E-state index is 12.8. The van der Waals surface area contributed by atoms with Crippen molar-refractivity contribution < 1.29 is 9.21 Å². The number of amides is 1. The molecule has 0 radical (unpaired) electrons. The molecule has 6 heteroatoms. The zero-order valence-electron chi connectivity index (χ0n) is 15.7. The summed E-state index contributed by atoms with van der Waals surface area (Å²) >= 11 is 0. The van der Waals surface area contributed by atoms with Gasteiger partial charge in [0.2, 0.25) is 0 Å². The lowest BCUT2D eigenvalue weighted by Crippen LogP contribution is -2.46. The van der Waals surface area contributed by atoms with Crippen LogP contribution in [0.1, 0.15) is 27.4 Å². The Kier molecular flexibility index (Phi) is 4.81. The highest BCUT2D eigenvalue weighted by molar-refractivity contribution is 5.91. The molecule has 0 saturated carbocycles.